The van der Waals surface area contributed by atoms with Gasteiger partial charge in [-0.1, -0.05) is 60.7 Å². The van der Waals surface area contributed by atoms with Crippen molar-refractivity contribution in [1.29, 1.82) is 0 Å². The van der Waals surface area contributed by atoms with E-state index in [1.165, 1.54) is 27.9 Å². The number of rotatable bonds is 2. The largest absolute Gasteiger partial charge is 0.488 e. The number of nitrogens with zero attached hydrogens (tertiary/aromatic N) is 1. The van der Waals surface area contributed by atoms with Crippen molar-refractivity contribution in [2.75, 3.05) is 5.32 Å². The number of hydrogen-bond acceptors (Lipinski definition) is 3. The molecule has 0 aromatic heterocycles. The van der Waals surface area contributed by atoms with Gasteiger partial charge in [0.15, 0.2) is 0 Å². The first kappa shape index (κ1) is 17.1. The van der Waals surface area contributed by atoms with E-state index in [4.69, 9.17) is 4.74 Å². The zero-order valence-electron chi connectivity index (χ0n) is 16.6. The van der Waals surface area contributed by atoms with Crippen LogP contribution >= 0.6 is 0 Å². The Bertz CT molecular complexity index is 1020. The van der Waals surface area contributed by atoms with Crippen molar-refractivity contribution in [2.24, 2.45) is 0 Å². The van der Waals surface area contributed by atoms with Crippen LogP contribution in [0, 0.1) is 0 Å². The predicted molar refractivity (Wildman–Crippen MR) is 116 cm³/mol. The van der Waals surface area contributed by atoms with Crippen LogP contribution in [0.25, 0.3) is 0 Å². The van der Waals surface area contributed by atoms with Crippen LogP contribution in [0.15, 0.2) is 72.8 Å². The highest BCUT2D eigenvalue weighted by Gasteiger charge is 2.40. The molecule has 3 aliphatic heterocycles. The van der Waals surface area contributed by atoms with Crippen LogP contribution in [0.3, 0.4) is 0 Å². The summed E-state index contributed by atoms with van der Waals surface area (Å²) in [6, 6.07) is 26.6. The van der Waals surface area contributed by atoms with Crippen LogP contribution in [0.4, 0.5) is 5.69 Å². The van der Waals surface area contributed by atoms with Gasteiger partial charge in [0.05, 0.1) is 12.2 Å². The number of hydrogen-bond donors (Lipinski definition) is 1. The minimum Gasteiger partial charge on any atom is -0.488 e. The molecule has 3 aliphatic rings. The second-order valence-corrected chi connectivity index (χ2v) is 8.54. The Morgan fingerprint density at radius 3 is 2.34 bits per heavy atom. The highest BCUT2D eigenvalue weighted by molar-refractivity contribution is 5.53. The van der Waals surface area contributed by atoms with Crippen molar-refractivity contribution in [3.8, 4) is 5.75 Å². The van der Waals surface area contributed by atoms with Gasteiger partial charge in [0.2, 0.25) is 0 Å². The van der Waals surface area contributed by atoms with Gasteiger partial charge < -0.3 is 10.1 Å². The van der Waals surface area contributed by atoms with Crippen LogP contribution in [0.5, 0.6) is 5.75 Å². The Hall–Kier alpha value is -2.78. The third kappa shape index (κ3) is 3.01. The molecule has 3 atom stereocenters. The van der Waals surface area contributed by atoms with E-state index in [-0.39, 0.29) is 6.10 Å². The molecule has 6 rings (SSSR count). The molecule has 3 nitrogen and oxygen atoms in total. The zero-order chi connectivity index (χ0) is 19.2. The molecular weight excluding hydrogens is 356 g/mol. The maximum absolute atomic E-state index is 6.48. The number of para-hydroxylation sites is 2. The Morgan fingerprint density at radius 2 is 1.48 bits per heavy atom. The summed E-state index contributed by atoms with van der Waals surface area (Å²) in [4.78, 5) is 2.68. The van der Waals surface area contributed by atoms with Gasteiger partial charge in [0.1, 0.15) is 11.9 Å². The highest BCUT2D eigenvalue weighted by atomic mass is 16.5. The maximum atomic E-state index is 6.48. The van der Waals surface area contributed by atoms with Gasteiger partial charge in [-0.15, -0.1) is 0 Å². The quantitative estimate of drug-likeness (QED) is 0.689. The minimum atomic E-state index is 0.208. The molecule has 29 heavy (non-hydrogen) atoms. The lowest BCUT2D eigenvalue weighted by atomic mass is 9.88. The summed E-state index contributed by atoms with van der Waals surface area (Å²) >= 11 is 0. The molecule has 0 radical (unpaired) electrons. The van der Waals surface area contributed by atoms with Gasteiger partial charge in [-0.3, -0.25) is 4.90 Å². The first-order valence-electron chi connectivity index (χ1n) is 10.8. The monoisotopic (exact) mass is 382 g/mol. The molecule has 0 spiro atoms. The fourth-order valence-corrected chi connectivity index (χ4v) is 5.35. The third-order valence-electron chi connectivity index (χ3n) is 6.85. The molecule has 3 heterocycles. The van der Waals surface area contributed by atoms with Gasteiger partial charge in [0, 0.05) is 18.7 Å². The average molecular weight is 383 g/mol. The molecule has 0 amide bonds. The second kappa shape index (κ2) is 6.93. The summed E-state index contributed by atoms with van der Waals surface area (Å²) in [7, 11) is 0. The van der Waals surface area contributed by atoms with Gasteiger partial charge in [-0.2, -0.15) is 0 Å². The number of aryl methyl sites for hydroxylation is 1. The van der Waals surface area contributed by atoms with Crippen LogP contribution < -0.4 is 10.1 Å². The van der Waals surface area contributed by atoms with E-state index in [1.807, 2.05) is 0 Å². The fourth-order valence-electron chi connectivity index (χ4n) is 5.35. The molecule has 146 valence electrons. The minimum absolute atomic E-state index is 0.208. The Balaban J connectivity index is 1.33. The molecule has 0 aliphatic carbocycles. The standard InChI is InChI=1S/C26H26N2O/c1-2-10-21-17-28(26-14-13-18-7-3-5-11-22(18)27-26)23(15-19(21)8-1)25-16-20-9-4-6-12-24(20)29-25/h1-12,23,25-27H,13-17H2. The summed E-state index contributed by atoms with van der Waals surface area (Å²) in [6.45, 7) is 0.983. The maximum Gasteiger partial charge on any atom is 0.123 e. The summed E-state index contributed by atoms with van der Waals surface area (Å²) in [6.07, 6.45) is 4.87. The van der Waals surface area contributed by atoms with Crippen molar-refractivity contribution in [2.45, 2.75) is 50.5 Å². The van der Waals surface area contributed by atoms with E-state index in [0.717, 1.165) is 38.0 Å². The van der Waals surface area contributed by atoms with Crippen molar-refractivity contribution >= 4 is 5.69 Å². The lowest BCUT2D eigenvalue weighted by molar-refractivity contribution is 0.0380. The summed E-state index contributed by atoms with van der Waals surface area (Å²) in [5.74, 6) is 1.07. The molecule has 0 fully saturated rings. The van der Waals surface area contributed by atoms with E-state index < -0.39 is 0 Å². The topological polar surface area (TPSA) is 24.5 Å². The van der Waals surface area contributed by atoms with Gasteiger partial charge in [-0.05, 0) is 53.6 Å². The summed E-state index contributed by atoms with van der Waals surface area (Å²) in [5.41, 5.74) is 7.00. The SMILES string of the molecule is c1ccc2c(c1)CC(C1Cc3ccccc3O1)N(C1CCc3ccccc3N1)C2. The van der Waals surface area contributed by atoms with Crippen molar-refractivity contribution in [1.82, 2.24) is 4.90 Å². The lowest BCUT2D eigenvalue weighted by Gasteiger charge is -2.45. The van der Waals surface area contributed by atoms with E-state index >= 15 is 0 Å². The number of ether oxygens (including phenoxy) is 1. The molecule has 3 unspecified atom stereocenters. The van der Waals surface area contributed by atoms with Crippen LogP contribution in [0.1, 0.15) is 28.7 Å². The molecule has 3 aromatic rings. The van der Waals surface area contributed by atoms with Crippen molar-refractivity contribution < 1.29 is 4.74 Å². The predicted octanol–water partition coefficient (Wildman–Crippen LogP) is 4.80. The van der Waals surface area contributed by atoms with Crippen molar-refractivity contribution in [3.63, 3.8) is 0 Å². The third-order valence-corrected chi connectivity index (χ3v) is 6.85. The molecule has 3 aromatic carbocycles. The van der Waals surface area contributed by atoms with Crippen molar-refractivity contribution in [3.05, 3.63) is 95.1 Å². The zero-order valence-corrected chi connectivity index (χ0v) is 16.6. The van der Waals surface area contributed by atoms with Gasteiger partial charge in [-0.25, -0.2) is 0 Å². The van der Waals surface area contributed by atoms with Crippen LogP contribution in [-0.2, 0) is 25.8 Å². The molecule has 3 heteroatoms. The first-order chi connectivity index (χ1) is 14.3. The summed E-state index contributed by atoms with van der Waals surface area (Å²) < 4.78 is 6.48. The van der Waals surface area contributed by atoms with Crippen LogP contribution in [0.2, 0.25) is 0 Å². The van der Waals surface area contributed by atoms with E-state index in [1.54, 1.807) is 0 Å². The Labute approximate surface area is 172 Å². The lowest BCUT2D eigenvalue weighted by Crippen LogP contribution is -2.56. The number of benzene rings is 3. The number of nitrogens with one attached hydrogen (secondary N) is 1. The molecule has 0 saturated heterocycles. The van der Waals surface area contributed by atoms with E-state index in [0.29, 0.717) is 12.2 Å². The second-order valence-electron chi connectivity index (χ2n) is 8.54. The number of fused-ring (bicyclic) bond motifs is 3. The first-order valence-corrected chi connectivity index (χ1v) is 10.8. The molecular formula is C26H26N2O. The highest BCUT2D eigenvalue weighted by Crippen LogP contribution is 2.37. The smallest absolute Gasteiger partial charge is 0.123 e. The Kier molecular flexibility index (Phi) is 4.09. The molecule has 0 bridgehead atoms. The Morgan fingerprint density at radius 1 is 0.759 bits per heavy atom. The van der Waals surface area contributed by atoms with Gasteiger partial charge >= 0.3 is 0 Å². The fraction of sp³-hybridized carbons (Fsp3) is 0.308. The normalized spacial score (nSPS) is 25.3. The molecule has 0 saturated carbocycles. The van der Waals surface area contributed by atoms with E-state index in [2.05, 4.69) is 83.0 Å². The van der Waals surface area contributed by atoms with Crippen LogP contribution in [-0.4, -0.2) is 23.2 Å². The average Bonchev–Trinajstić information content (AvgIpc) is 3.22. The number of anilines is 1. The van der Waals surface area contributed by atoms with Gasteiger partial charge in [0.25, 0.3) is 0 Å². The van der Waals surface area contributed by atoms with E-state index in [9.17, 15) is 0 Å². The summed E-state index contributed by atoms with van der Waals surface area (Å²) in [5, 5.41) is 3.84. The molecule has 1 N–H and O–H groups in total.